The highest BCUT2D eigenvalue weighted by Crippen LogP contribution is 2.54. The molecule has 8 aromatic carbocycles. The Labute approximate surface area is 318 Å². The van der Waals surface area contributed by atoms with Gasteiger partial charge < -0.3 is 0 Å². The first-order chi connectivity index (χ1) is 27.0. The molecule has 0 amide bonds. The molecule has 2 aromatic heterocycles. The Bertz CT molecular complexity index is 3230. The van der Waals surface area contributed by atoms with Crippen LogP contribution in [0.25, 0.3) is 99.8 Å². The van der Waals surface area contributed by atoms with Crippen molar-refractivity contribution in [3.05, 3.63) is 180 Å². The number of benzene rings is 8. The largest absolute Gasteiger partial charge is 0.293 e. The van der Waals surface area contributed by atoms with Crippen molar-refractivity contribution >= 4 is 60.2 Å². The Morgan fingerprint density at radius 1 is 0.564 bits per heavy atom. The van der Waals surface area contributed by atoms with Crippen LogP contribution in [0, 0.1) is 0 Å². The molecule has 0 atom stereocenters. The van der Waals surface area contributed by atoms with Gasteiger partial charge in [-0.15, -0.1) is 0 Å². The van der Waals surface area contributed by atoms with Crippen molar-refractivity contribution in [2.75, 3.05) is 0 Å². The fourth-order valence-corrected chi connectivity index (χ4v) is 9.81. The topological polar surface area (TPSA) is 30.7 Å². The van der Waals surface area contributed by atoms with Gasteiger partial charge >= 0.3 is 0 Å². The van der Waals surface area contributed by atoms with E-state index in [-0.39, 0.29) is 5.41 Å². The predicted octanol–water partition coefficient (Wildman–Crippen LogP) is 13.2. The fourth-order valence-electron chi connectivity index (χ4n) is 9.81. The second-order valence-corrected chi connectivity index (χ2v) is 15.8. The van der Waals surface area contributed by atoms with Gasteiger partial charge in [0.05, 0.1) is 16.7 Å². The van der Waals surface area contributed by atoms with E-state index < -0.39 is 0 Å². The van der Waals surface area contributed by atoms with E-state index in [1.807, 2.05) is 0 Å². The molecule has 0 saturated carbocycles. The molecule has 12 rings (SSSR count). The van der Waals surface area contributed by atoms with E-state index in [4.69, 9.17) is 9.97 Å². The summed E-state index contributed by atoms with van der Waals surface area (Å²) in [4.78, 5) is 10.8. The van der Waals surface area contributed by atoms with Gasteiger partial charge in [-0.25, -0.2) is 9.97 Å². The molecule has 0 N–H and O–H groups in total. The van der Waals surface area contributed by atoms with E-state index in [9.17, 15) is 0 Å². The lowest BCUT2D eigenvalue weighted by Crippen LogP contribution is -2.16. The van der Waals surface area contributed by atoms with Gasteiger partial charge in [0.1, 0.15) is 5.82 Å². The van der Waals surface area contributed by atoms with Crippen LogP contribution in [-0.4, -0.2) is 14.5 Å². The maximum atomic E-state index is 5.47. The first-order valence-electron chi connectivity index (χ1n) is 19.2. The van der Waals surface area contributed by atoms with Crippen molar-refractivity contribution in [3.63, 3.8) is 0 Å². The van der Waals surface area contributed by atoms with Gasteiger partial charge in [-0.1, -0.05) is 141 Å². The average Bonchev–Trinajstić information content (AvgIpc) is 3.69. The predicted molar refractivity (Wildman–Crippen MR) is 230 cm³/mol. The quantitative estimate of drug-likeness (QED) is 0.184. The van der Waals surface area contributed by atoms with Crippen molar-refractivity contribution in [3.8, 4) is 39.6 Å². The molecule has 0 unspecified atom stereocenters. The van der Waals surface area contributed by atoms with Crippen molar-refractivity contribution in [2.45, 2.75) is 25.7 Å². The van der Waals surface area contributed by atoms with Gasteiger partial charge in [-0.3, -0.25) is 4.57 Å². The minimum atomic E-state index is -0.120. The highest BCUT2D eigenvalue weighted by atomic mass is 15.1. The van der Waals surface area contributed by atoms with Gasteiger partial charge in [-0.05, 0) is 96.9 Å². The first kappa shape index (κ1) is 30.6. The molecular formula is C52H35N3. The lowest BCUT2D eigenvalue weighted by Gasteiger charge is -2.26. The molecule has 10 aromatic rings. The van der Waals surface area contributed by atoms with Crippen molar-refractivity contribution < 1.29 is 0 Å². The summed E-state index contributed by atoms with van der Waals surface area (Å²) in [7, 11) is 0. The van der Waals surface area contributed by atoms with Crippen molar-refractivity contribution in [1.29, 1.82) is 0 Å². The maximum Gasteiger partial charge on any atom is 0.162 e. The van der Waals surface area contributed by atoms with Crippen LogP contribution in [-0.2, 0) is 11.8 Å². The number of allylic oxidation sites excluding steroid dienone is 1. The molecule has 3 nitrogen and oxygen atoms in total. The van der Waals surface area contributed by atoms with Crippen LogP contribution in [0.3, 0.4) is 0 Å². The van der Waals surface area contributed by atoms with Crippen molar-refractivity contribution in [2.24, 2.45) is 0 Å². The SMILES string of the molecule is CC1(C)c2ccccc2-c2cc3c4c(c5c(cc4c21)c1ccccc1n5-c1cc(-c2ccc4ccccc4c2)nc(-c2ccc4ccccc4c2)n1)C=CC3. The third kappa shape index (κ3) is 4.32. The number of hydrogen-bond donors (Lipinski definition) is 0. The van der Waals surface area contributed by atoms with Crippen LogP contribution in [0.15, 0.2) is 158 Å². The van der Waals surface area contributed by atoms with Crippen molar-refractivity contribution in [1.82, 2.24) is 14.5 Å². The van der Waals surface area contributed by atoms with Crippen LogP contribution in [0.2, 0.25) is 0 Å². The number of nitrogens with zero attached hydrogens (tertiary/aromatic N) is 3. The Balaban J connectivity index is 1.19. The second kappa shape index (κ2) is 11.1. The van der Waals surface area contributed by atoms with E-state index in [2.05, 4.69) is 182 Å². The molecule has 3 heteroatoms. The van der Waals surface area contributed by atoms with Gasteiger partial charge in [0, 0.05) is 38.9 Å². The van der Waals surface area contributed by atoms with E-state index >= 15 is 0 Å². The Morgan fingerprint density at radius 2 is 1.25 bits per heavy atom. The Hall–Kier alpha value is -6.84. The monoisotopic (exact) mass is 701 g/mol. The summed E-state index contributed by atoms with van der Waals surface area (Å²) in [5, 5.41) is 9.96. The van der Waals surface area contributed by atoms with E-state index in [1.165, 1.54) is 82.0 Å². The third-order valence-corrected chi connectivity index (χ3v) is 12.3. The molecule has 2 aliphatic rings. The molecule has 2 heterocycles. The Morgan fingerprint density at radius 3 is 2.07 bits per heavy atom. The lowest BCUT2D eigenvalue weighted by molar-refractivity contribution is 0.666. The maximum absolute atomic E-state index is 5.47. The van der Waals surface area contributed by atoms with E-state index in [1.54, 1.807) is 0 Å². The third-order valence-electron chi connectivity index (χ3n) is 12.3. The average molecular weight is 702 g/mol. The molecule has 0 saturated heterocycles. The summed E-state index contributed by atoms with van der Waals surface area (Å²) in [6.45, 7) is 4.80. The molecule has 55 heavy (non-hydrogen) atoms. The summed E-state index contributed by atoms with van der Waals surface area (Å²) in [6, 6.07) is 55.2. The fraction of sp³-hybridized carbons (Fsp3) is 0.0769. The zero-order chi connectivity index (χ0) is 36.4. The van der Waals surface area contributed by atoms with E-state index in [0.29, 0.717) is 5.82 Å². The molecule has 0 fully saturated rings. The summed E-state index contributed by atoms with van der Waals surface area (Å²) in [5.41, 5.74) is 13.4. The zero-order valence-corrected chi connectivity index (χ0v) is 30.6. The van der Waals surface area contributed by atoms with E-state index in [0.717, 1.165) is 34.6 Å². The van der Waals surface area contributed by atoms with Gasteiger partial charge in [-0.2, -0.15) is 0 Å². The second-order valence-electron chi connectivity index (χ2n) is 15.8. The summed E-state index contributed by atoms with van der Waals surface area (Å²) in [5.74, 6) is 1.57. The summed E-state index contributed by atoms with van der Waals surface area (Å²) in [6.07, 6.45) is 5.62. The Kier molecular flexibility index (Phi) is 6.17. The first-order valence-corrected chi connectivity index (χ1v) is 19.2. The van der Waals surface area contributed by atoms with Crippen LogP contribution in [0.1, 0.15) is 36.1 Å². The van der Waals surface area contributed by atoms with Gasteiger partial charge in [0.2, 0.25) is 0 Å². The molecule has 2 aliphatic carbocycles. The normalized spacial score (nSPS) is 14.0. The molecule has 0 bridgehead atoms. The summed E-state index contributed by atoms with van der Waals surface area (Å²) < 4.78 is 2.41. The molecule has 258 valence electrons. The van der Waals surface area contributed by atoms with Gasteiger partial charge in [0.15, 0.2) is 5.82 Å². The minimum Gasteiger partial charge on any atom is -0.293 e. The highest BCUT2D eigenvalue weighted by molar-refractivity contribution is 6.20. The molecule has 0 spiro atoms. The molecule has 0 aliphatic heterocycles. The van der Waals surface area contributed by atoms with Crippen LogP contribution in [0.5, 0.6) is 0 Å². The standard InChI is InChI=1S/C52H35N3/c1-52(2)44-20-9-7-17-38(44)41-28-36-16-11-19-40-48(36)43(49(41)52)29-42-39-18-8-10-21-46(39)55(50(40)42)47-30-45(35-24-22-31-12-3-5-14-33(31)26-35)53-51(54-47)37-25-23-32-13-4-6-15-34(32)27-37/h3-15,17-30H,16H2,1-2H3. The van der Waals surface area contributed by atoms with Crippen LogP contribution < -0.4 is 0 Å². The van der Waals surface area contributed by atoms with Gasteiger partial charge in [0.25, 0.3) is 0 Å². The smallest absolute Gasteiger partial charge is 0.162 e. The summed E-state index contributed by atoms with van der Waals surface area (Å²) >= 11 is 0. The van der Waals surface area contributed by atoms with Crippen LogP contribution in [0.4, 0.5) is 0 Å². The van der Waals surface area contributed by atoms with Crippen LogP contribution >= 0.6 is 0 Å². The number of fused-ring (bicyclic) bond motifs is 10. The number of aromatic nitrogens is 3. The minimum absolute atomic E-state index is 0.120. The molecule has 0 radical (unpaired) electrons. The zero-order valence-electron chi connectivity index (χ0n) is 30.6. The lowest BCUT2D eigenvalue weighted by atomic mass is 9.78. The number of rotatable bonds is 3. The number of hydrogen-bond acceptors (Lipinski definition) is 2. The number of para-hydroxylation sites is 1. The highest BCUT2D eigenvalue weighted by Gasteiger charge is 2.38. The molecular weight excluding hydrogens is 667 g/mol.